The van der Waals surface area contributed by atoms with Crippen LogP contribution < -0.4 is 0 Å². The van der Waals surface area contributed by atoms with Crippen molar-refractivity contribution in [3.05, 3.63) is 39.9 Å². The summed E-state index contributed by atoms with van der Waals surface area (Å²) in [5, 5.41) is 1.24. The van der Waals surface area contributed by atoms with Crippen LogP contribution in [0.5, 0.6) is 0 Å². The van der Waals surface area contributed by atoms with E-state index < -0.39 is 0 Å². The average Bonchev–Trinajstić information content (AvgIpc) is 2.11. The molecule has 0 amide bonds. The van der Waals surface area contributed by atoms with Crippen LogP contribution in [-0.2, 0) is 4.79 Å². The number of halogens is 2. The maximum atomic E-state index is 9.91. The van der Waals surface area contributed by atoms with Gasteiger partial charge < -0.3 is 0 Å². The summed E-state index contributed by atoms with van der Waals surface area (Å²) in [5.41, 5.74) is 0.810. The highest BCUT2D eigenvalue weighted by atomic mass is 35.5. The minimum absolute atomic E-state index is 0.267. The molecular formula is C10H7Cl2O. The van der Waals surface area contributed by atoms with Crippen LogP contribution in [0.25, 0.3) is 6.08 Å². The quantitative estimate of drug-likeness (QED) is 0.752. The first-order valence-corrected chi connectivity index (χ1v) is 4.46. The van der Waals surface area contributed by atoms with E-state index in [9.17, 15) is 4.79 Å². The fourth-order valence-electron chi connectivity index (χ4n) is 0.876. The van der Waals surface area contributed by atoms with E-state index in [1.54, 1.807) is 36.6 Å². The Morgan fingerprint density at radius 1 is 1.38 bits per heavy atom. The highest BCUT2D eigenvalue weighted by Gasteiger charge is 1.96. The second-order valence-corrected chi connectivity index (χ2v) is 3.26. The van der Waals surface area contributed by atoms with Gasteiger partial charge >= 0.3 is 0 Å². The summed E-state index contributed by atoms with van der Waals surface area (Å²) >= 11 is 11.6. The lowest BCUT2D eigenvalue weighted by molar-refractivity contribution is 0.556. The van der Waals surface area contributed by atoms with Crippen LogP contribution in [0.4, 0.5) is 0 Å². The first-order valence-electron chi connectivity index (χ1n) is 3.70. The molecule has 0 N–H and O–H groups in total. The van der Waals surface area contributed by atoms with Gasteiger partial charge in [-0.15, -0.1) is 0 Å². The molecule has 0 aliphatic rings. The molecule has 1 aromatic rings. The minimum atomic E-state index is 0.267. The smallest absolute Gasteiger partial charge is 0.202 e. The van der Waals surface area contributed by atoms with E-state index in [0.29, 0.717) is 10.0 Å². The fourth-order valence-corrected chi connectivity index (χ4v) is 1.24. The topological polar surface area (TPSA) is 17.1 Å². The van der Waals surface area contributed by atoms with E-state index in [0.717, 1.165) is 5.56 Å². The van der Waals surface area contributed by atoms with Gasteiger partial charge in [-0.25, -0.2) is 0 Å². The summed E-state index contributed by atoms with van der Waals surface area (Å²) in [6, 6.07) is 5.17. The van der Waals surface area contributed by atoms with Gasteiger partial charge in [0.2, 0.25) is 6.29 Å². The lowest BCUT2D eigenvalue weighted by Gasteiger charge is -1.97. The Morgan fingerprint density at radius 2 is 2.15 bits per heavy atom. The molecule has 0 spiro atoms. The summed E-state index contributed by atoms with van der Waals surface area (Å²) in [7, 11) is 0. The third-order valence-corrected chi connectivity index (χ3v) is 2.04. The van der Waals surface area contributed by atoms with E-state index >= 15 is 0 Å². The van der Waals surface area contributed by atoms with Gasteiger partial charge in [0.1, 0.15) is 0 Å². The maximum Gasteiger partial charge on any atom is 0.202 e. The maximum absolute atomic E-state index is 9.91. The summed E-state index contributed by atoms with van der Waals surface area (Å²) in [5.74, 6) is 0. The summed E-state index contributed by atoms with van der Waals surface area (Å²) in [4.78, 5) is 9.91. The Hall–Kier alpha value is -0.790. The number of hydrogen-bond donors (Lipinski definition) is 0. The zero-order valence-electron chi connectivity index (χ0n) is 6.76. The molecule has 0 aliphatic carbocycles. The predicted octanol–water partition coefficient (Wildman–Crippen LogP) is 3.51. The predicted molar refractivity (Wildman–Crippen MR) is 55.8 cm³/mol. The molecule has 0 saturated carbocycles. The number of benzene rings is 1. The Morgan fingerprint density at radius 3 is 2.85 bits per heavy atom. The Labute approximate surface area is 87.0 Å². The first-order chi connectivity index (χ1) is 6.24. The Kier molecular flexibility index (Phi) is 4.00. The molecule has 0 atom stereocenters. The largest absolute Gasteiger partial charge is 0.291 e. The van der Waals surface area contributed by atoms with E-state index in [4.69, 9.17) is 23.2 Å². The molecule has 0 bridgehead atoms. The van der Waals surface area contributed by atoms with Crippen molar-refractivity contribution < 1.29 is 4.79 Å². The van der Waals surface area contributed by atoms with Gasteiger partial charge in [0.05, 0.1) is 0 Å². The highest BCUT2D eigenvalue weighted by molar-refractivity contribution is 6.34. The first kappa shape index (κ1) is 10.3. The van der Waals surface area contributed by atoms with E-state index in [-0.39, 0.29) is 6.42 Å². The zero-order valence-corrected chi connectivity index (χ0v) is 8.27. The van der Waals surface area contributed by atoms with Gasteiger partial charge in [0.25, 0.3) is 0 Å². The molecule has 67 valence electrons. The Bertz CT molecular complexity index is 332. The number of carbonyl (C=O) groups excluding carboxylic acids is 1. The van der Waals surface area contributed by atoms with Crippen molar-refractivity contribution in [2.24, 2.45) is 0 Å². The Balaban J connectivity index is 2.86. The zero-order chi connectivity index (χ0) is 9.68. The lowest BCUT2D eigenvalue weighted by Crippen LogP contribution is -1.75. The van der Waals surface area contributed by atoms with Crippen LogP contribution >= 0.6 is 23.2 Å². The monoisotopic (exact) mass is 213 g/mol. The van der Waals surface area contributed by atoms with Crippen molar-refractivity contribution in [3.63, 3.8) is 0 Å². The molecule has 0 aromatic heterocycles. The normalized spacial score (nSPS) is 10.6. The standard InChI is InChI=1S/C10H7Cl2O/c11-9-4-5-10(12)8(7-9)3-1-2-6-13/h1,3-5,7H,2H2. The van der Waals surface area contributed by atoms with E-state index in [1.165, 1.54) is 0 Å². The molecule has 0 aliphatic heterocycles. The molecule has 1 rings (SSSR count). The van der Waals surface area contributed by atoms with E-state index in [1.807, 2.05) is 0 Å². The molecule has 0 saturated heterocycles. The van der Waals surface area contributed by atoms with Crippen LogP contribution in [0, 0.1) is 0 Å². The molecule has 0 unspecified atom stereocenters. The summed E-state index contributed by atoms with van der Waals surface area (Å²) < 4.78 is 0. The summed E-state index contributed by atoms with van der Waals surface area (Å²) in [6.07, 6.45) is 5.46. The number of rotatable bonds is 3. The van der Waals surface area contributed by atoms with Crippen molar-refractivity contribution in [2.45, 2.75) is 6.42 Å². The van der Waals surface area contributed by atoms with Crippen LogP contribution in [0.15, 0.2) is 24.3 Å². The van der Waals surface area contributed by atoms with Crippen molar-refractivity contribution in [1.82, 2.24) is 0 Å². The third kappa shape index (κ3) is 3.21. The molecule has 1 radical (unpaired) electrons. The minimum Gasteiger partial charge on any atom is -0.291 e. The molecule has 0 heterocycles. The molecule has 1 nitrogen and oxygen atoms in total. The third-order valence-electron chi connectivity index (χ3n) is 1.46. The van der Waals surface area contributed by atoms with Crippen LogP contribution in [0.3, 0.4) is 0 Å². The van der Waals surface area contributed by atoms with Crippen LogP contribution in [0.1, 0.15) is 12.0 Å². The fraction of sp³-hybridized carbons (Fsp3) is 0.100. The average molecular weight is 214 g/mol. The number of hydrogen-bond acceptors (Lipinski definition) is 1. The number of allylic oxidation sites excluding steroid dienone is 1. The molecule has 1 aromatic carbocycles. The lowest BCUT2D eigenvalue weighted by atomic mass is 10.2. The van der Waals surface area contributed by atoms with Crippen molar-refractivity contribution in [1.29, 1.82) is 0 Å². The van der Waals surface area contributed by atoms with Gasteiger partial charge in [-0.3, -0.25) is 4.79 Å². The SMILES string of the molecule is O=[C]CC=Cc1cc(Cl)ccc1Cl. The highest BCUT2D eigenvalue weighted by Crippen LogP contribution is 2.21. The molecule has 3 heteroatoms. The van der Waals surface area contributed by atoms with Crippen molar-refractivity contribution >= 4 is 35.6 Å². The van der Waals surface area contributed by atoms with Gasteiger partial charge in [-0.2, -0.15) is 0 Å². The van der Waals surface area contributed by atoms with Gasteiger partial charge in [0, 0.05) is 16.5 Å². The van der Waals surface area contributed by atoms with Crippen molar-refractivity contribution in [3.8, 4) is 0 Å². The van der Waals surface area contributed by atoms with Gasteiger partial charge in [-0.1, -0.05) is 35.4 Å². The molecule has 0 fully saturated rings. The van der Waals surface area contributed by atoms with Crippen LogP contribution in [0.2, 0.25) is 10.0 Å². The molecular weight excluding hydrogens is 207 g/mol. The second kappa shape index (κ2) is 5.05. The van der Waals surface area contributed by atoms with Crippen molar-refractivity contribution in [2.75, 3.05) is 0 Å². The van der Waals surface area contributed by atoms with Gasteiger partial charge in [-0.05, 0) is 23.8 Å². The summed E-state index contributed by atoms with van der Waals surface area (Å²) in [6.45, 7) is 0. The van der Waals surface area contributed by atoms with Gasteiger partial charge in [0.15, 0.2) is 0 Å². The second-order valence-electron chi connectivity index (χ2n) is 2.42. The van der Waals surface area contributed by atoms with Crippen LogP contribution in [-0.4, -0.2) is 6.29 Å². The molecule has 13 heavy (non-hydrogen) atoms. The van der Waals surface area contributed by atoms with E-state index in [2.05, 4.69) is 0 Å².